The van der Waals surface area contributed by atoms with Gasteiger partial charge >= 0.3 is 5.97 Å². The van der Waals surface area contributed by atoms with Crippen LogP contribution in [-0.4, -0.2) is 36.4 Å². The second kappa shape index (κ2) is 6.02. The highest BCUT2D eigenvalue weighted by Crippen LogP contribution is 2.27. The number of benzene rings is 1. The molecule has 1 aromatic rings. The average molecular weight is 350 g/mol. The lowest BCUT2D eigenvalue weighted by molar-refractivity contribution is 0.0696. The maximum Gasteiger partial charge on any atom is 0.335 e. The van der Waals surface area contributed by atoms with Crippen molar-refractivity contribution in [3.05, 3.63) is 28.2 Å². The molecular weight excluding hydrogens is 334 g/mol. The van der Waals surface area contributed by atoms with Crippen molar-refractivity contribution in [2.24, 2.45) is 0 Å². The third kappa shape index (κ3) is 3.34. The number of hydrogen-bond acceptors (Lipinski definition) is 3. The average Bonchev–Trinajstić information content (AvgIpc) is 2.28. The van der Waals surface area contributed by atoms with Crippen LogP contribution < -0.4 is 0 Å². The molecule has 1 N–H and O–H groups in total. The molecule has 106 valence electrons. The predicted octanol–water partition coefficient (Wildman–Crippen LogP) is 2.57. The number of halogens is 1. The van der Waals surface area contributed by atoms with Gasteiger partial charge in [0, 0.05) is 17.1 Å². The van der Waals surface area contributed by atoms with Gasteiger partial charge in [-0.25, -0.2) is 13.2 Å². The number of sulfonamides is 1. The van der Waals surface area contributed by atoms with Crippen LogP contribution >= 0.6 is 15.9 Å². The van der Waals surface area contributed by atoms with Gasteiger partial charge in [-0.3, -0.25) is 0 Å². The monoisotopic (exact) mass is 349 g/mol. The second-order valence-electron chi connectivity index (χ2n) is 4.25. The summed E-state index contributed by atoms with van der Waals surface area (Å²) in [6, 6.07) is 3.77. The van der Waals surface area contributed by atoms with Crippen LogP contribution in [0.25, 0.3) is 0 Å². The van der Waals surface area contributed by atoms with Crippen LogP contribution in [0.5, 0.6) is 0 Å². The minimum Gasteiger partial charge on any atom is -0.478 e. The zero-order valence-corrected chi connectivity index (χ0v) is 13.3. The van der Waals surface area contributed by atoms with Crippen molar-refractivity contribution in [2.45, 2.75) is 31.7 Å². The number of hydrogen-bond donors (Lipinski definition) is 1. The molecule has 0 atom stereocenters. The van der Waals surface area contributed by atoms with Gasteiger partial charge in [-0.1, -0.05) is 6.92 Å². The Hall–Kier alpha value is -0.920. The quantitative estimate of drug-likeness (QED) is 0.886. The van der Waals surface area contributed by atoms with Gasteiger partial charge in [-0.05, 0) is 48.0 Å². The van der Waals surface area contributed by atoms with Crippen molar-refractivity contribution in [1.29, 1.82) is 0 Å². The highest BCUT2D eigenvalue weighted by Gasteiger charge is 2.28. The van der Waals surface area contributed by atoms with E-state index in [2.05, 4.69) is 15.9 Å². The molecule has 1 rings (SSSR count). The number of nitrogens with zero attached hydrogens (tertiary/aromatic N) is 1. The Labute approximate surface area is 121 Å². The molecule has 0 saturated carbocycles. The molecule has 0 amide bonds. The molecule has 0 unspecified atom stereocenters. The number of carboxylic acid groups (broad SMARTS) is 1. The highest BCUT2D eigenvalue weighted by atomic mass is 79.9. The maximum atomic E-state index is 12.5. The van der Waals surface area contributed by atoms with E-state index in [-0.39, 0.29) is 16.5 Å². The van der Waals surface area contributed by atoms with Crippen molar-refractivity contribution in [2.75, 3.05) is 6.54 Å². The van der Waals surface area contributed by atoms with Crippen LogP contribution in [0.2, 0.25) is 0 Å². The lowest BCUT2D eigenvalue weighted by Gasteiger charge is -2.25. The SMILES string of the molecule is CCN(C(C)C)S(=O)(=O)c1cc(C(=O)O)ccc1Br. The Balaban J connectivity index is 3.43. The minimum atomic E-state index is -3.71. The highest BCUT2D eigenvalue weighted by molar-refractivity contribution is 9.10. The first kappa shape index (κ1) is 16.1. The van der Waals surface area contributed by atoms with E-state index in [1.807, 2.05) is 0 Å². The summed E-state index contributed by atoms with van der Waals surface area (Å²) < 4.78 is 26.7. The van der Waals surface area contributed by atoms with E-state index in [0.717, 1.165) is 0 Å². The zero-order valence-electron chi connectivity index (χ0n) is 10.9. The molecule has 19 heavy (non-hydrogen) atoms. The molecule has 0 aliphatic carbocycles. The van der Waals surface area contributed by atoms with Gasteiger partial charge in [-0.15, -0.1) is 0 Å². The number of rotatable bonds is 5. The zero-order chi connectivity index (χ0) is 14.8. The van der Waals surface area contributed by atoms with Gasteiger partial charge in [0.15, 0.2) is 0 Å². The van der Waals surface area contributed by atoms with Crippen molar-refractivity contribution >= 4 is 31.9 Å². The summed E-state index contributed by atoms with van der Waals surface area (Å²) in [5.74, 6) is -1.16. The van der Waals surface area contributed by atoms with Gasteiger partial charge in [-0.2, -0.15) is 4.31 Å². The van der Waals surface area contributed by atoms with Gasteiger partial charge in [0.1, 0.15) is 0 Å². The van der Waals surface area contributed by atoms with Crippen molar-refractivity contribution < 1.29 is 18.3 Å². The van der Waals surface area contributed by atoms with E-state index in [9.17, 15) is 13.2 Å². The molecule has 0 heterocycles. The minimum absolute atomic E-state index is 0.0250. The van der Waals surface area contributed by atoms with Crippen molar-refractivity contribution in [3.8, 4) is 0 Å². The van der Waals surface area contributed by atoms with Gasteiger partial charge < -0.3 is 5.11 Å². The van der Waals surface area contributed by atoms with Crippen LogP contribution in [0.15, 0.2) is 27.6 Å². The first-order chi connectivity index (χ1) is 8.71. The summed E-state index contributed by atoms with van der Waals surface area (Å²) >= 11 is 3.16. The van der Waals surface area contributed by atoms with Crippen molar-refractivity contribution in [1.82, 2.24) is 4.31 Å². The normalized spacial score (nSPS) is 12.1. The van der Waals surface area contributed by atoms with Crippen LogP contribution in [0.4, 0.5) is 0 Å². The third-order valence-corrected chi connectivity index (χ3v) is 5.80. The molecule has 7 heteroatoms. The second-order valence-corrected chi connectivity index (χ2v) is 6.97. The van der Waals surface area contributed by atoms with Gasteiger partial charge in [0.05, 0.1) is 10.5 Å². The van der Waals surface area contributed by atoms with E-state index < -0.39 is 16.0 Å². The van der Waals surface area contributed by atoms with Crippen LogP contribution in [0, 0.1) is 0 Å². The first-order valence-corrected chi connectivity index (χ1v) is 7.99. The molecule has 0 aliphatic rings. The molecule has 0 aromatic heterocycles. The lowest BCUT2D eigenvalue weighted by atomic mass is 10.2. The summed E-state index contributed by atoms with van der Waals surface area (Å²) in [5.41, 5.74) is -0.0541. The standard InChI is InChI=1S/C12H16BrNO4S/c1-4-14(8(2)3)19(17,18)11-7-9(12(15)16)5-6-10(11)13/h5-8H,4H2,1-3H3,(H,15,16). The molecule has 0 spiro atoms. The Morgan fingerprint density at radius 2 is 2.00 bits per heavy atom. The smallest absolute Gasteiger partial charge is 0.335 e. The fourth-order valence-corrected chi connectivity index (χ4v) is 4.37. The van der Waals surface area contributed by atoms with Crippen LogP contribution in [-0.2, 0) is 10.0 Å². The van der Waals surface area contributed by atoms with Gasteiger partial charge in [0.2, 0.25) is 10.0 Å². The molecule has 0 fully saturated rings. The summed E-state index contributed by atoms with van der Waals surface area (Å²) in [6.07, 6.45) is 0. The molecular formula is C12H16BrNO4S. The van der Waals surface area contributed by atoms with E-state index in [1.165, 1.54) is 22.5 Å². The van der Waals surface area contributed by atoms with E-state index in [1.54, 1.807) is 20.8 Å². The fourth-order valence-electron chi connectivity index (χ4n) is 1.77. The Morgan fingerprint density at radius 3 is 2.42 bits per heavy atom. The van der Waals surface area contributed by atoms with Crippen LogP contribution in [0.1, 0.15) is 31.1 Å². The van der Waals surface area contributed by atoms with E-state index in [0.29, 0.717) is 11.0 Å². The van der Waals surface area contributed by atoms with E-state index in [4.69, 9.17) is 5.11 Å². The lowest BCUT2D eigenvalue weighted by Crippen LogP contribution is -2.36. The Morgan fingerprint density at radius 1 is 1.42 bits per heavy atom. The fraction of sp³-hybridized carbons (Fsp3) is 0.417. The van der Waals surface area contributed by atoms with Crippen molar-refractivity contribution in [3.63, 3.8) is 0 Å². The summed E-state index contributed by atoms with van der Waals surface area (Å²) in [6.45, 7) is 5.61. The number of carboxylic acids is 1. The largest absolute Gasteiger partial charge is 0.478 e. The first-order valence-electron chi connectivity index (χ1n) is 5.76. The topological polar surface area (TPSA) is 74.7 Å². The van der Waals surface area contributed by atoms with E-state index >= 15 is 0 Å². The molecule has 5 nitrogen and oxygen atoms in total. The van der Waals surface area contributed by atoms with Crippen LogP contribution in [0.3, 0.4) is 0 Å². The molecule has 0 radical (unpaired) electrons. The third-order valence-electron chi connectivity index (χ3n) is 2.65. The molecule has 0 bridgehead atoms. The summed E-state index contributed by atoms with van der Waals surface area (Å²) in [5, 5.41) is 8.95. The molecule has 1 aromatic carbocycles. The molecule has 0 saturated heterocycles. The Kier molecular flexibility index (Phi) is 5.11. The Bertz CT molecular complexity index is 583. The number of carbonyl (C=O) groups is 1. The summed E-state index contributed by atoms with van der Waals surface area (Å²) in [7, 11) is -3.71. The molecule has 0 aliphatic heterocycles. The predicted molar refractivity (Wildman–Crippen MR) is 75.8 cm³/mol. The van der Waals surface area contributed by atoms with Gasteiger partial charge in [0.25, 0.3) is 0 Å². The summed E-state index contributed by atoms with van der Waals surface area (Å²) in [4.78, 5) is 10.9. The number of aromatic carboxylic acids is 1. The maximum absolute atomic E-state index is 12.5.